The van der Waals surface area contributed by atoms with Crippen molar-refractivity contribution in [3.05, 3.63) is 0 Å². The summed E-state index contributed by atoms with van der Waals surface area (Å²) in [5, 5.41) is 11.8. The second-order valence-electron chi connectivity index (χ2n) is 5.10. The van der Waals surface area contributed by atoms with Crippen LogP contribution >= 0.6 is 0 Å². The van der Waals surface area contributed by atoms with Gasteiger partial charge in [-0.15, -0.1) is 0 Å². The van der Waals surface area contributed by atoms with Gasteiger partial charge in [-0.25, -0.2) is 4.79 Å². The van der Waals surface area contributed by atoms with Gasteiger partial charge in [-0.1, -0.05) is 0 Å². The maximum absolute atomic E-state index is 12.1. The van der Waals surface area contributed by atoms with Gasteiger partial charge in [-0.05, 0) is 25.7 Å². The van der Waals surface area contributed by atoms with Gasteiger partial charge in [-0.2, -0.15) is 0 Å². The van der Waals surface area contributed by atoms with Gasteiger partial charge in [0.1, 0.15) is 0 Å². The molecule has 1 aliphatic heterocycles. The fraction of sp³-hybridized carbons (Fsp3) is 0.833. The maximum Gasteiger partial charge on any atom is 0.318 e. The molecule has 6 nitrogen and oxygen atoms in total. The van der Waals surface area contributed by atoms with Crippen molar-refractivity contribution in [3.63, 3.8) is 0 Å². The highest BCUT2D eigenvalue weighted by Gasteiger charge is 2.33. The summed E-state index contributed by atoms with van der Waals surface area (Å²) in [5.41, 5.74) is 0. The lowest BCUT2D eigenvalue weighted by atomic mass is 10.1. The Labute approximate surface area is 106 Å². The van der Waals surface area contributed by atoms with Crippen molar-refractivity contribution in [3.8, 4) is 0 Å². The monoisotopic (exact) mass is 256 g/mol. The fourth-order valence-corrected chi connectivity index (χ4v) is 2.28. The molecule has 2 aliphatic rings. The zero-order chi connectivity index (χ0) is 13.1. The predicted octanol–water partition coefficient (Wildman–Crippen LogP) is 0.670. The molecule has 2 N–H and O–H groups in total. The second-order valence-corrected chi connectivity index (χ2v) is 5.10. The van der Waals surface area contributed by atoms with Crippen LogP contribution in [0.4, 0.5) is 4.79 Å². The summed E-state index contributed by atoms with van der Waals surface area (Å²) in [6.07, 6.45) is 2.28. The molecule has 2 amide bonds. The van der Waals surface area contributed by atoms with Crippen LogP contribution < -0.4 is 5.32 Å². The van der Waals surface area contributed by atoms with E-state index < -0.39 is 5.97 Å². The second kappa shape index (κ2) is 5.56. The Morgan fingerprint density at radius 1 is 1.50 bits per heavy atom. The van der Waals surface area contributed by atoms with Crippen LogP contribution in [-0.2, 0) is 9.53 Å². The maximum atomic E-state index is 12.1. The van der Waals surface area contributed by atoms with E-state index in [2.05, 4.69) is 5.32 Å². The molecule has 102 valence electrons. The molecule has 0 aromatic carbocycles. The van der Waals surface area contributed by atoms with Gasteiger partial charge in [0.25, 0.3) is 0 Å². The van der Waals surface area contributed by atoms with Gasteiger partial charge in [0.05, 0.1) is 25.7 Å². The fourth-order valence-electron chi connectivity index (χ4n) is 2.28. The number of hydrogen-bond donors (Lipinski definition) is 2. The molecule has 0 radical (unpaired) electrons. The number of morpholine rings is 1. The van der Waals surface area contributed by atoms with E-state index in [1.54, 1.807) is 4.90 Å². The van der Waals surface area contributed by atoms with Crippen molar-refractivity contribution in [2.24, 2.45) is 5.92 Å². The molecule has 0 aromatic rings. The average Bonchev–Trinajstić information content (AvgIpc) is 3.12. The van der Waals surface area contributed by atoms with E-state index in [1.807, 2.05) is 6.92 Å². The number of carboxylic acids is 1. The molecule has 1 heterocycles. The summed E-state index contributed by atoms with van der Waals surface area (Å²) in [6.45, 7) is 3.24. The van der Waals surface area contributed by atoms with Gasteiger partial charge < -0.3 is 20.1 Å². The molecule has 1 saturated carbocycles. The number of rotatable bonds is 4. The molecule has 0 aromatic heterocycles. The molecule has 2 unspecified atom stereocenters. The topological polar surface area (TPSA) is 78.9 Å². The molecular weight excluding hydrogens is 236 g/mol. The number of nitrogens with zero attached hydrogens (tertiary/aromatic N) is 1. The third-order valence-corrected chi connectivity index (χ3v) is 3.58. The SMILES string of the molecule is CC(NC(=O)N1CCOCC1CC(=O)O)C1CC1. The van der Waals surface area contributed by atoms with Crippen molar-refractivity contribution in [2.75, 3.05) is 19.8 Å². The number of urea groups is 1. The molecular formula is C12H20N2O4. The van der Waals surface area contributed by atoms with Crippen LogP contribution in [0.25, 0.3) is 0 Å². The summed E-state index contributed by atoms with van der Waals surface area (Å²) in [5.74, 6) is -0.313. The third-order valence-electron chi connectivity index (χ3n) is 3.58. The van der Waals surface area contributed by atoms with E-state index in [0.29, 0.717) is 25.7 Å². The third kappa shape index (κ3) is 3.35. The number of aliphatic carboxylic acids is 1. The first-order valence-electron chi connectivity index (χ1n) is 6.44. The van der Waals surface area contributed by atoms with Crippen molar-refractivity contribution in [1.82, 2.24) is 10.2 Å². The Bertz CT molecular complexity index is 330. The lowest BCUT2D eigenvalue weighted by molar-refractivity contribution is -0.139. The van der Waals surface area contributed by atoms with Crippen molar-refractivity contribution >= 4 is 12.0 Å². The minimum Gasteiger partial charge on any atom is -0.481 e. The first-order valence-corrected chi connectivity index (χ1v) is 6.44. The summed E-state index contributed by atoms with van der Waals surface area (Å²) in [4.78, 5) is 24.5. The molecule has 18 heavy (non-hydrogen) atoms. The number of carbonyl (C=O) groups is 2. The van der Waals surface area contributed by atoms with Crippen molar-refractivity contribution in [2.45, 2.75) is 38.3 Å². The summed E-state index contributed by atoms with van der Waals surface area (Å²) in [6, 6.07) is -0.350. The van der Waals surface area contributed by atoms with E-state index >= 15 is 0 Å². The number of nitrogens with one attached hydrogen (secondary N) is 1. The summed E-state index contributed by atoms with van der Waals surface area (Å²) < 4.78 is 5.24. The Morgan fingerprint density at radius 3 is 2.83 bits per heavy atom. The van der Waals surface area contributed by atoms with Crippen LogP contribution in [0.2, 0.25) is 0 Å². The highest BCUT2D eigenvalue weighted by atomic mass is 16.5. The van der Waals surface area contributed by atoms with Crippen molar-refractivity contribution in [1.29, 1.82) is 0 Å². The lowest BCUT2D eigenvalue weighted by Gasteiger charge is -2.35. The molecule has 1 aliphatic carbocycles. The summed E-state index contributed by atoms with van der Waals surface area (Å²) in [7, 11) is 0. The number of carboxylic acid groups (broad SMARTS) is 1. The summed E-state index contributed by atoms with van der Waals surface area (Å²) >= 11 is 0. The minimum absolute atomic E-state index is 0.0643. The van der Waals surface area contributed by atoms with Crippen LogP contribution in [0.3, 0.4) is 0 Å². The van der Waals surface area contributed by atoms with Crippen LogP contribution in [0.5, 0.6) is 0 Å². The smallest absolute Gasteiger partial charge is 0.318 e. The zero-order valence-electron chi connectivity index (χ0n) is 10.6. The van der Waals surface area contributed by atoms with Crippen LogP contribution in [0, 0.1) is 5.92 Å². The molecule has 2 atom stereocenters. The Hall–Kier alpha value is -1.30. The van der Waals surface area contributed by atoms with Crippen LogP contribution in [-0.4, -0.2) is 53.8 Å². The van der Waals surface area contributed by atoms with Gasteiger partial charge in [-0.3, -0.25) is 4.79 Å². The normalized spacial score (nSPS) is 25.6. The first kappa shape index (κ1) is 13.1. The molecule has 0 bridgehead atoms. The Kier molecular flexibility index (Phi) is 4.06. The highest BCUT2D eigenvalue weighted by Crippen LogP contribution is 2.32. The average molecular weight is 256 g/mol. The number of hydrogen-bond acceptors (Lipinski definition) is 3. The minimum atomic E-state index is -0.904. The zero-order valence-corrected chi connectivity index (χ0v) is 10.6. The molecule has 1 saturated heterocycles. The standard InChI is InChI=1S/C12H20N2O4/c1-8(9-2-3-9)13-12(17)14-4-5-18-7-10(14)6-11(15)16/h8-10H,2-7H2,1H3,(H,13,17)(H,15,16). The molecule has 2 fully saturated rings. The van der Waals surface area contributed by atoms with Gasteiger partial charge in [0.15, 0.2) is 0 Å². The van der Waals surface area contributed by atoms with Crippen LogP contribution in [0.15, 0.2) is 0 Å². The number of ether oxygens (including phenoxy) is 1. The Morgan fingerprint density at radius 2 is 2.22 bits per heavy atom. The van der Waals surface area contributed by atoms with Gasteiger partial charge in [0, 0.05) is 12.6 Å². The molecule has 0 spiro atoms. The van der Waals surface area contributed by atoms with E-state index in [9.17, 15) is 9.59 Å². The molecule has 6 heteroatoms. The van der Waals surface area contributed by atoms with E-state index in [-0.39, 0.29) is 24.5 Å². The predicted molar refractivity (Wildman–Crippen MR) is 64.3 cm³/mol. The van der Waals surface area contributed by atoms with Gasteiger partial charge in [0.2, 0.25) is 0 Å². The lowest BCUT2D eigenvalue weighted by Crippen LogP contribution is -2.54. The quantitative estimate of drug-likeness (QED) is 0.775. The van der Waals surface area contributed by atoms with E-state index in [1.165, 1.54) is 12.8 Å². The van der Waals surface area contributed by atoms with Crippen molar-refractivity contribution < 1.29 is 19.4 Å². The van der Waals surface area contributed by atoms with Gasteiger partial charge >= 0.3 is 12.0 Å². The largest absolute Gasteiger partial charge is 0.481 e. The number of amides is 2. The number of carbonyl (C=O) groups excluding carboxylic acids is 1. The first-order chi connectivity index (χ1) is 8.58. The van der Waals surface area contributed by atoms with E-state index in [0.717, 1.165) is 0 Å². The Balaban J connectivity index is 1.90. The van der Waals surface area contributed by atoms with Crippen LogP contribution in [0.1, 0.15) is 26.2 Å². The van der Waals surface area contributed by atoms with E-state index in [4.69, 9.17) is 9.84 Å². The molecule has 2 rings (SSSR count). The highest BCUT2D eigenvalue weighted by molar-refractivity contribution is 5.76.